The molecule has 0 aliphatic carbocycles. The Hall–Kier alpha value is -1.71. The summed E-state index contributed by atoms with van der Waals surface area (Å²) in [6.45, 7) is 0. The summed E-state index contributed by atoms with van der Waals surface area (Å²) in [6.07, 6.45) is -5.35. The van der Waals surface area contributed by atoms with Crippen LogP contribution in [0.15, 0.2) is 29.2 Å². The van der Waals surface area contributed by atoms with Gasteiger partial charge < -0.3 is 5.32 Å². The van der Waals surface area contributed by atoms with E-state index in [1.807, 2.05) is 0 Å². The van der Waals surface area contributed by atoms with Crippen molar-refractivity contribution in [1.82, 2.24) is 0 Å². The van der Waals surface area contributed by atoms with E-state index in [0.29, 0.717) is 0 Å². The zero-order valence-electron chi connectivity index (χ0n) is 9.83. The van der Waals surface area contributed by atoms with Gasteiger partial charge in [-0.25, -0.2) is 8.42 Å². The molecule has 0 atom stereocenters. The zero-order valence-corrected chi connectivity index (χ0v) is 10.6. The molecule has 20 heavy (non-hydrogen) atoms. The normalized spacial score (nSPS) is 13.1. The highest BCUT2D eigenvalue weighted by Gasteiger charge is 2.63. The molecule has 10 heteroatoms. The van der Waals surface area contributed by atoms with E-state index in [1.54, 1.807) is 0 Å². The number of nitrogens with one attached hydrogen (secondary N) is 1. The van der Waals surface area contributed by atoms with Crippen molar-refractivity contribution in [2.75, 3.05) is 11.6 Å². The van der Waals surface area contributed by atoms with Gasteiger partial charge >= 0.3 is 18.0 Å². The third-order valence-corrected chi connectivity index (χ3v) is 3.33. The van der Waals surface area contributed by atoms with Crippen LogP contribution < -0.4 is 5.32 Å². The molecule has 0 saturated heterocycles. The lowest BCUT2D eigenvalue weighted by Crippen LogP contribution is -2.47. The molecule has 0 spiro atoms. The number of sulfone groups is 1. The average Bonchev–Trinajstić information content (AvgIpc) is 2.26. The van der Waals surface area contributed by atoms with Gasteiger partial charge in [0.15, 0.2) is 9.84 Å². The third-order valence-electron chi connectivity index (χ3n) is 2.18. The highest BCUT2D eigenvalue weighted by atomic mass is 32.2. The molecule has 0 aliphatic rings. The molecule has 0 radical (unpaired) electrons. The lowest BCUT2D eigenvalue weighted by atomic mass is 10.2. The fourth-order valence-corrected chi connectivity index (χ4v) is 2.07. The highest BCUT2D eigenvalue weighted by Crippen LogP contribution is 2.36. The molecular formula is C10H8F5NO3S. The van der Waals surface area contributed by atoms with E-state index in [9.17, 15) is 35.2 Å². The largest absolute Gasteiger partial charge is 0.463 e. The molecule has 0 fully saturated rings. The Kier molecular flexibility index (Phi) is 4.09. The minimum absolute atomic E-state index is 0.564. The second-order valence-corrected chi connectivity index (χ2v) is 5.78. The number of carbonyl (C=O) groups excluding carboxylic acids is 1. The van der Waals surface area contributed by atoms with E-state index in [0.717, 1.165) is 18.4 Å². The first kappa shape index (κ1) is 16.3. The maximum Gasteiger partial charge on any atom is 0.463 e. The minimum atomic E-state index is -6.07. The number of benzene rings is 1. The predicted octanol–water partition coefficient (Wildman–Crippen LogP) is 2.23. The van der Waals surface area contributed by atoms with Crippen molar-refractivity contribution >= 4 is 21.4 Å². The van der Waals surface area contributed by atoms with Gasteiger partial charge in [-0.3, -0.25) is 4.79 Å². The van der Waals surface area contributed by atoms with Gasteiger partial charge in [0, 0.05) is 6.26 Å². The quantitative estimate of drug-likeness (QED) is 0.870. The molecule has 1 amide bonds. The van der Waals surface area contributed by atoms with Crippen LogP contribution in [0.4, 0.5) is 27.6 Å². The van der Waals surface area contributed by atoms with E-state index in [1.165, 1.54) is 17.4 Å². The molecular weight excluding hydrogens is 309 g/mol. The van der Waals surface area contributed by atoms with Crippen LogP contribution in [0.3, 0.4) is 0 Å². The van der Waals surface area contributed by atoms with Crippen LogP contribution >= 0.6 is 0 Å². The third kappa shape index (κ3) is 3.24. The van der Waals surface area contributed by atoms with Gasteiger partial charge in [0.25, 0.3) is 0 Å². The highest BCUT2D eigenvalue weighted by molar-refractivity contribution is 7.90. The van der Waals surface area contributed by atoms with Crippen molar-refractivity contribution in [2.45, 2.75) is 17.0 Å². The van der Waals surface area contributed by atoms with E-state index in [-0.39, 0.29) is 0 Å². The lowest BCUT2D eigenvalue weighted by molar-refractivity contribution is -0.267. The minimum Gasteiger partial charge on any atom is -0.319 e. The number of alkyl halides is 5. The number of para-hydroxylation sites is 1. The lowest BCUT2D eigenvalue weighted by Gasteiger charge is -2.19. The van der Waals surface area contributed by atoms with Gasteiger partial charge in [-0.1, -0.05) is 12.1 Å². The molecule has 0 bridgehead atoms. The molecule has 0 saturated carbocycles. The molecule has 1 aromatic rings. The SMILES string of the molecule is CS(=O)(=O)c1ccccc1NC(=O)C(F)(F)C(F)(F)F. The monoisotopic (exact) mass is 317 g/mol. The first-order valence-electron chi connectivity index (χ1n) is 4.92. The Morgan fingerprint density at radius 2 is 1.60 bits per heavy atom. The number of halogens is 5. The number of carbonyl (C=O) groups is 1. The molecule has 0 aromatic heterocycles. The number of rotatable bonds is 3. The van der Waals surface area contributed by atoms with Crippen LogP contribution in [0.5, 0.6) is 0 Å². The molecule has 1 aromatic carbocycles. The Labute approximate surface area is 110 Å². The number of amides is 1. The molecule has 1 rings (SSSR count). The Morgan fingerprint density at radius 3 is 2.05 bits per heavy atom. The molecule has 4 nitrogen and oxygen atoms in total. The van der Waals surface area contributed by atoms with Crippen molar-refractivity contribution in [3.63, 3.8) is 0 Å². The fraction of sp³-hybridized carbons (Fsp3) is 0.300. The van der Waals surface area contributed by atoms with Crippen LogP contribution in [-0.4, -0.2) is 32.7 Å². The van der Waals surface area contributed by atoms with Gasteiger partial charge in [0.1, 0.15) is 0 Å². The van der Waals surface area contributed by atoms with Crippen LogP contribution in [0.2, 0.25) is 0 Å². The van der Waals surface area contributed by atoms with E-state index < -0.39 is 38.4 Å². The fourth-order valence-electron chi connectivity index (χ4n) is 1.22. The first-order valence-corrected chi connectivity index (χ1v) is 6.81. The zero-order chi connectivity index (χ0) is 15.8. The van der Waals surface area contributed by atoms with Gasteiger partial charge in [0.2, 0.25) is 0 Å². The number of hydrogen-bond acceptors (Lipinski definition) is 3. The van der Waals surface area contributed by atoms with Crippen molar-refractivity contribution in [3.05, 3.63) is 24.3 Å². The molecule has 1 N–H and O–H groups in total. The average molecular weight is 317 g/mol. The maximum atomic E-state index is 12.8. The van der Waals surface area contributed by atoms with Crippen molar-refractivity contribution in [2.24, 2.45) is 0 Å². The van der Waals surface area contributed by atoms with E-state index in [4.69, 9.17) is 0 Å². The Morgan fingerprint density at radius 1 is 1.10 bits per heavy atom. The van der Waals surface area contributed by atoms with Gasteiger partial charge in [-0.15, -0.1) is 0 Å². The molecule has 0 aliphatic heterocycles. The number of anilines is 1. The maximum absolute atomic E-state index is 12.8. The van der Waals surface area contributed by atoms with Crippen LogP contribution in [0.25, 0.3) is 0 Å². The summed E-state index contributed by atoms with van der Waals surface area (Å²) in [5.41, 5.74) is -0.649. The van der Waals surface area contributed by atoms with Gasteiger partial charge in [-0.05, 0) is 12.1 Å². The summed E-state index contributed by atoms with van der Waals surface area (Å²) < 4.78 is 84.1. The topological polar surface area (TPSA) is 63.2 Å². The standard InChI is InChI=1S/C10H8F5NO3S/c1-20(18,19)7-5-3-2-4-6(7)16-8(17)9(11,12)10(13,14)15/h2-5H,1H3,(H,16,17). The predicted molar refractivity (Wildman–Crippen MR) is 59.2 cm³/mol. The van der Waals surface area contributed by atoms with Crippen LogP contribution in [0.1, 0.15) is 0 Å². The summed E-state index contributed by atoms with van der Waals surface area (Å²) in [4.78, 5) is 10.4. The summed E-state index contributed by atoms with van der Waals surface area (Å²) in [7, 11) is -3.90. The second-order valence-electron chi connectivity index (χ2n) is 3.79. The van der Waals surface area contributed by atoms with Gasteiger partial charge in [0.05, 0.1) is 10.6 Å². The second kappa shape index (κ2) is 5.00. The number of hydrogen-bond donors (Lipinski definition) is 1. The van der Waals surface area contributed by atoms with Crippen LogP contribution in [0, 0.1) is 0 Å². The Balaban J connectivity index is 3.17. The summed E-state index contributed by atoms with van der Waals surface area (Å²) in [6, 6.07) is 4.28. The molecule has 0 heterocycles. The van der Waals surface area contributed by atoms with E-state index in [2.05, 4.69) is 0 Å². The van der Waals surface area contributed by atoms with Crippen molar-refractivity contribution in [1.29, 1.82) is 0 Å². The van der Waals surface area contributed by atoms with E-state index >= 15 is 0 Å². The first-order chi connectivity index (χ1) is 8.87. The van der Waals surface area contributed by atoms with Crippen molar-refractivity contribution < 1.29 is 35.2 Å². The molecule has 112 valence electrons. The smallest absolute Gasteiger partial charge is 0.319 e. The summed E-state index contributed by atoms with van der Waals surface area (Å²) in [5.74, 6) is -8.28. The molecule has 0 unspecified atom stereocenters. The summed E-state index contributed by atoms with van der Waals surface area (Å²) in [5, 5.41) is 1.28. The summed E-state index contributed by atoms with van der Waals surface area (Å²) >= 11 is 0. The van der Waals surface area contributed by atoms with Crippen LogP contribution in [-0.2, 0) is 14.6 Å². The van der Waals surface area contributed by atoms with Crippen molar-refractivity contribution in [3.8, 4) is 0 Å². The Bertz CT molecular complexity index is 624. The van der Waals surface area contributed by atoms with Gasteiger partial charge in [-0.2, -0.15) is 22.0 Å².